The van der Waals surface area contributed by atoms with Crippen LogP contribution >= 0.6 is 0 Å². The second-order valence-corrected chi connectivity index (χ2v) is 7.07. The van der Waals surface area contributed by atoms with Crippen molar-refractivity contribution in [2.75, 3.05) is 13.6 Å². The standard InChI is InChI=1S/C15H30N2O2/c1-15(2,3)9-11(10-16)14(19)17(4)12-7-5-6-8-13(12)18/h11-13,18H,5-10,16H2,1-4H3. The Hall–Kier alpha value is -0.610. The van der Waals surface area contributed by atoms with Gasteiger partial charge < -0.3 is 15.7 Å². The van der Waals surface area contributed by atoms with Crippen molar-refractivity contribution in [2.45, 2.75) is 65.0 Å². The van der Waals surface area contributed by atoms with E-state index in [1.807, 2.05) is 7.05 Å². The Morgan fingerprint density at radius 1 is 1.37 bits per heavy atom. The molecule has 4 heteroatoms. The van der Waals surface area contributed by atoms with Gasteiger partial charge in [-0.3, -0.25) is 4.79 Å². The number of aliphatic hydroxyl groups is 1. The Kier molecular flexibility index (Phi) is 5.81. The monoisotopic (exact) mass is 270 g/mol. The molecule has 0 aliphatic heterocycles. The Labute approximate surface area is 117 Å². The zero-order valence-corrected chi connectivity index (χ0v) is 12.9. The highest BCUT2D eigenvalue weighted by Gasteiger charge is 2.33. The fourth-order valence-electron chi connectivity index (χ4n) is 3.01. The minimum absolute atomic E-state index is 0.0322. The van der Waals surface area contributed by atoms with E-state index in [9.17, 15) is 9.90 Å². The largest absolute Gasteiger partial charge is 0.391 e. The number of nitrogens with two attached hydrogens (primary N) is 1. The molecule has 19 heavy (non-hydrogen) atoms. The van der Waals surface area contributed by atoms with E-state index in [1.165, 1.54) is 0 Å². The van der Waals surface area contributed by atoms with Crippen LogP contribution in [0.4, 0.5) is 0 Å². The smallest absolute Gasteiger partial charge is 0.227 e. The van der Waals surface area contributed by atoms with Gasteiger partial charge in [-0.2, -0.15) is 0 Å². The molecule has 0 saturated heterocycles. The van der Waals surface area contributed by atoms with Crippen LogP contribution in [0.3, 0.4) is 0 Å². The van der Waals surface area contributed by atoms with Gasteiger partial charge in [-0.15, -0.1) is 0 Å². The third kappa shape index (κ3) is 4.77. The highest BCUT2D eigenvalue weighted by atomic mass is 16.3. The first-order valence-corrected chi connectivity index (χ1v) is 7.41. The molecule has 0 aromatic heterocycles. The Morgan fingerprint density at radius 3 is 2.42 bits per heavy atom. The summed E-state index contributed by atoms with van der Waals surface area (Å²) in [5, 5.41) is 10.1. The summed E-state index contributed by atoms with van der Waals surface area (Å²) in [7, 11) is 1.81. The zero-order chi connectivity index (χ0) is 14.6. The molecule has 1 fully saturated rings. The van der Waals surface area contributed by atoms with E-state index in [1.54, 1.807) is 4.90 Å². The maximum absolute atomic E-state index is 12.5. The molecule has 0 spiro atoms. The molecular weight excluding hydrogens is 240 g/mol. The number of nitrogens with zero attached hydrogens (tertiary/aromatic N) is 1. The summed E-state index contributed by atoms with van der Waals surface area (Å²) in [5.74, 6) is -0.0532. The Bertz CT molecular complexity index is 299. The lowest BCUT2D eigenvalue weighted by molar-refractivity contribution is -0.140. The van der Waals surface area contributed by atoms with Crippen LogP contribution < -0.4 is 5.73 Å². The summed E-state index contributed by atoms with van der Waals surface area (Å²) < 4.78 is 0. The first-order valence-electron chi connectivity index (χ1n) is 7.41. The van der Waals surface area contributed by atoms with E-state index in [0.29, 0.717) is 6.54 Å². The normalized spacial score (nSPS) is 26.0. The van der Waals surface area contributed by atoms with Gasteiger partial charge in [0.1, 0.15) is 0 Å². The molecule has 112 valence electrons. The van der Waals surface area contributed by atoms with E-state index in [2.05, 4.69) is 20.8 Å². The van der Waals surface area contributed by atoms with Crippen molar-refractivity contribution in [3.8, 4) is 0 Å². The molecule has 1 aliphatic rings. The predicted molar refractivity (Wildman–Crippen MR) is 77.6 cm³/mol. The average molecular weight is 270 g/mol. The van der Waals surface area contributed by atoms with Crippen molar-refractivity contribution in [3.05, 3.63) is 0 Å². The molecule has 3 N–H and O–H groups in total. The minimum atomic E-state index is -0.379. The van der Waals surface area contributed by atoms with Crippen LogP contribution in [-0.2, 0) is 4.79 Å². The van der Waals surface area contributed by atoms with Crippen LogP contribution in [0, 0.1) is 11.3 Å². The van der Waals surface area contributed by atoms with Crippen LogP contribution in [-0.4, -0.2) is 41.7 Å². The van der Waals surface area contributed by atoms with Crippen molar-refractivity contribution in [1.82, 2.24) is 4.90 Å². The number of likely N-dealkylation sites (N-methyl/N-ethyl adjacent to an activating group) is 1. The van der Waals surface area contributed by atoms with Crippen LogP contribution in [0.2, 0.25) is 0 Å². The lowest BCUT2D eigenvalue weighted by atomic mass is 9.83. The fourth-order valence-corrected chi connectivity index (χ4v) is 3.01. The van der Waals surface area contributed by atoms with Gasteiger partial charge in [0, 0.05) is 13.6 Å². The molecule has 0 aromatic rings. The van der Waals surface area contributed by atoms with E-state index in [4.69, 9.17) is 5.73 Å². The summed E-state index contributed by atoms with van der Waals surface area (Å²) in [5.41, 5.74) is 5.86. The van der Waals surface area contributed by atoms with Gasteiger partial charge in [0.25, 0.3) is 0 Å². The van der Waals surface area contributed by atoms with Crippen LogP contribution in [0.25, 0.3) is 0 Å². The first kappa shape index (κ1) is 16.4. The van der Waals surface area contributed by atoms with Gasteiger partial charge in [-0.25, -0.2) is 0 Å². The quantitative estimate of drug-likeness (QED) is 0.818. The molecule has 0 heterocycles. The first-order chi connectivity index (χ1) is 8.76. The third-order valence-electron chi connectivity index (χ3n) is 4.03. The van der Waals surface area contributed by atoms with Crippen LogP contribution in [0.1, 0.15) is 52.9 Å². The summed E-state index contributed by atoms with van der Waals surface area (Å²) >= 11 is 0. The predicted octanol–water partition coefficient (Wildman–Crippen LogP) is 1.76. The zero-order valence-electron chi connectivity index (χ0n) is 12.9. The van der Waals surface area contributed by atoms with Gasteiger partial charge in [0.05, 0.1) is 18.1 Å². The highest BCUT2D eigenvalue weighted by Crippen LogP contribution is 2.28. The molecule has 1 amide bonds. The lowest BCUT2D eigenvalue weighted by Crippen LogP contribution is -2.49. The van der Waals surface area contributed by atoms with Gasteiger partial charge >= 0.3 is 0 Å². The average Bonchev–Trinajstić information content (AvgIpc) is 2.34. The highest BCUT2D eigenvalue weighted by molar-refractivity contribution is 5.79. The summed E-state index contributed by atoms with van der Waals surface area (Å²) in [6.07, 6.45) is 4.25. The fraction of sp³-hybridized carbons (Fsp3) is 0.933. The van der Waals surface area contributed by atoms with Crippen molar-refractivity contribution in [3.63, 3.8) is 0 Å². The summed E-state index contributed by atoms with van der Waals surface area (Å²) in [4.78, 5) is 14.3. The van der Waals surface area contributed by atoms with E-state index < -0.39 is 0 Å². The molecule has 0 aromatic carbocycles. The van der Waals surface area contributed by atoms with Crippen molar-refractivity contribution >= 4 is 5.91 Å². The van der Waals surface area contributed by atoms with Gasteiger partial charge in [0.15, 0.2) is 0 Å². The molecule has 0 bridgehead atoms. The minimum Gasteiger partial charge on any atom is -0.391 e. The third-order valence-corrected chi connectivity index (χ3v) is 4.03. The Balaban J connectivity index is 2.68. The molecule has 1 saturated carbocycles. The van der Waals surface area contributed by atoms with Gasteiger partial charge in [-0.05, 0) is 24.7 Å². The number of rotatable bonds is 4. The van der Waals surface area contributed by atoms with Crippen LogP contribution in [0.5, 0.6) is 0 Å². The van der Waals surface area contributed by atoms with E-state index in [0.717, 1.165) is 32.1 Å². The van der Waals surface area contributed by atoms with Crippen LogP contribution in [0.15, 0.2) is 0 Å². The molecule has 4 nitrogen and oxygen atoms in total. The lowest BCUT2D eigenvalue weighted by Gasteiger charge is -2.37. The SMILES string of the molecule is CN(C(=O)C(CN)CC(C)(C)C)C1CCCCC1O. The van der Waals surface area contributed by atoms with Crippen molar-refractivity contribution in [1.29, 1.82) is 0 Å². The Morgan fingerprint density at radius 2 is 1.95 bits per heavy atom. The van der Waals surface area contributed by atoms with Gasteiger partial charge in [-0.1, -0.05) is 33.6 Å². The molecule has 3 atom stereocenters. The molecule has 1 aliphatic carbocycles. The number of carbonyl (C=O) groups is 1. The summed E-state index contributed by atoms with van der Waals surface area (Å²) in [6, 6.07) is -0.0322. The van der Waals surface area contributed by atoms with E-state index >= 15 is 0 Å². The number of hydrogen-bond acceptors (Lipinski definition) is 3. The maximum atomic E-state index is 12.5. The second-order valence-electron chi connectivity index (χ2n) is 7.07. The number of hydrogen-bond donors (Lipinski definition) is 2. The molecule has 1 rings (SSSR count). The maximum Gasteiger partial charge on any atom is 0.227 e. The van der Waals surface area contributed by atoms with E-state index in [-0.39, 0.29) is 29.4 Å². The molecule has 3 unspecified atom stereocenters. The number of aliphatic hydroxyl groups excluding tert-OH is 1. The topological polar surface area (TPSA) is 66.6 Å². The van der Waals surface area contributed by atoms with Crippen molar-refractivity contribution in [2.24, 2.45) is 17.1 Å². The van der Waals surface area contributed by atoms with Gasteiger partial charge in [0.2, 0.25) is 5.91 Å². The number of amides is 1. The molecular formula is C15H30N2O2. The number of carbonyl (C=O) groups excluding carboxylic acids is 1. The summed E-state index contributed by atoms with van der Waals surface area (Å²) in [6.45, 7) is 6.75. The van der Waals surface area contributed by atoms with Crippen molar-refractivity contribution < 1.29 is 9.90 Å². The molecule has 0 radical (unpaired) electrons. The second kappa shape index (κ2) is 6.71.